The number of pyridine rings is 2. The zero-order chi connectivity index (χ0) is 23.5. The van der Waals surface area contributed by atoms with Crippen LogP contribution in [-0.4, -0.2) is 25.8 Å². The summed E-state index contributed by atoms with van der Waals surface area (Å²) in [6.45, 7) is 0.240. The molecule has 0 bridgehead atoms. The van der Waals surface area contributed by atoms with Crippen LogP contribution >= 0.6 is 0 Å². The second-order valence-corrected chi connectivity index (χ2v) is 7.78. The summed E-state index contributed by atoms with van der Waals surface area (Å²) < 4.78 is 7.78. The number of nitrogens with two attached hydrogens (primary N) is 1. The molecule has 0 fully saturated rings. The number of benzene rings is 2. The van der Waals surface area contributed by atoms with E-state index in [9.17, 15) is 4.79 Å². The number of nitrogens with zero attached hydrogens (tertiary/aromatic N) is 4. The first-order valence-corrected chi connectivity index (χ1v) is 10.7. The van der Waals surface area contributed by atoms with Gasteiger partial charge in [0.25, 0.3) is 0 Å². The van der Waals surface area contributed by atoms with Gasteiger partial charge in [0.1, 0.15) is 18.1 Å². The Kier molecular flexibility index (Phi) is 5.61. The average Bonchev–Trinajstić information content (AvgIpc) is 3.25. The number of fused-ring (bicyclic) bond motifs is 1. The molecule has 3 heterocycles. The topological polar surface area (TPSA) is 108 Å². The third-order valence-electron chi connectivity index (χ3n) is 5.36. The number of anilines is 1. The van der Waals surface area contributed by atoms with E-state index >= 15 is 0 Å². The van der Waals surface area contributed by atoms with Crippen LogP contribution in [0.3, 0.4) is 0 Å². The van der Waals surface area contributed by atoms with Crippen LogP contribution in [0, 0.1) is 0 Å². The zero-order valence-corrected chi connectivity index (χ0v) is 18.5. The van der Waals surface area contributed by atoms with E-state index in [0.29, 0.717) is 17.1 Å². The van der Waals surface area contributed by atoms with Crippen molar-refractivity contribution in [2.75, 3.05) is 5.32 Å². The number of ether oxygens (including phenoxy) is 1. The number of hydrogen-bond acceptors (Lipinski definition) is 5. The fraction of sp³-hybridized carbons (Fsp3) is 0.0769. The van der Waals surface area contributed by atoms with Crippen LogP contribution in [0.15, 0.2) is 85.3 Å². The highest BCUT2D eigenvalue weighted by Crippen LogP contribution is 2.31. The van der Waals surface area contributed by atoms with Crippen molar-refractivity contribution in [1.82, 2.24) is 19.7 Å². The first-order valence-electron chi connectivity index (χ1n) is 10.7. The maximum atomic E-state index is 11.4. The van der Waals surface area contributed by atoms with Gasteiger partial charge in [-0.25, -0.2) is 9.78 Å². The van der Waals surface area contributed by atoms with Crippen molar-refractivity contribution in [3.63, 3.8) is 0 Å². The Morgan fingerprint density at radius 1 is 1.03 bits per heavy atom. The predicted molar refractivity (Wildman–Crippen MR) is 131 cm³/mol. The largest absolute Gasteiger partial charge is 0.487 e. The fourth-order valence-corrected chi connectivity index (χ4v) is 3.85. The summed E-state index contributed by atoms with van der Waals surface area (Å²) in [6.07, 6.45) is 5.54. The Morgan fingerprint density at radius 2 is 1.79 bits per heavy atom. The molecule has 0 radical (unpaired) electrons. The number of primary amides is 1. The van der Waals surface area contributed by atoms with Crippen molar-refractivity contribution in [2.24, 2.45) is 12.8 Å². The Bertz CT molecular complexity index is 1460. The quantitative estimate of drug-likeness (QED) is 0.388. The Hall–Kier alpha value is -4.72. The van der Waals surface area contributed by atoms with Crippen LogP contribution in [0.4, 0.5) is 10.5 Å². The maximum absolute atomic E-state index is 11.4. The third-order valence-corrected chi connectivity index (χ3v) is 5.36. The molecular weight excluding hydrogens is 428 g/mol. The second-order valence-electron chi connectivity index (χ2n) is 7.78. The molecule has 5 aromatic rings. The highest BCUT2D eigenvalue weighted by Gasteiger charge is 2.13. The van der Waals surface area contributed by atoms with Gasteiger partial charge >= 0.3 is 6.03 Å². The number of amides is 2. The Balaban J connectivity index is 1.36. The van der Waals surface area contributed by atoms with E-state index < -0.39 is 6.03 Å². The van der Waals surface area contributed by atoms with Gasteiger partial charge in [-0.15, -0.1) is 0 Å². The SMILES string of the molecule is Cn1cc(-c2ccncc2)c(-c2ccc(OCc3cc(NC(N)=O)c4ccccc4n3)cc2)n1. The van der Waals surface area contributed by atoms with E-state index in [4.69, 9.17) is 10.5 Å². The maximum Gasteiger partial charge on any atom is 0.316 e. The van der Waals surface area contributed by atoms with E-state index in [1.54, 1.807) is 23.1 Å². The lowest BCUT2D eigenvalue weighted by Gasteiger charge is -2.11. The smallest absolute Gasteiger partial charge is 0.316 e. The van der Waals surface area contributed by atoms with Crippen LogP contribution in [-0.2, 0) is 13.7 Å². The summed E-state index contributed by atoms with van der Waals surface area (Å²) >= 11 is 0. The van der Waals surface area contributed by atoms with E-state index in [2.05, 4.69) is 20.4 Å². The van der Waals surface area contributed by atoms with Crippen LogP contribution in [0.1, 0.15) is 5.69 Å². The highest BCUT2D eigenvalue weighted by atomic mass is 16.5. The summed E-state index contributed by atoms with van der Waals surface area (Å²) in [5.41, 5.74) is 11.3. The number of rotatable bonds is 6. The van der Waals surface area contributed by atoms with Gasteiger partial charge in [-0.1, -0.05) is 18.2 Å². The van der Waals surface area contributed by atoms with Gasteiger partial charge in [0, 0.05) is 42.2 Å². The molecule has 8 heteroatoms. The minimum atomic E-state index is -0.625. The molecule has 5 rings (SSSR count). The van der Waals surface area contributed by atoms with E-state index in [-0.39, 0.29) is 6.61 Å². The first kappa shape index (κ1) is 21.1. The number of carbonyl (C=O) groups is 1. The third kappa shape index (κ3) is 4.42. The summed E-state index contributed by atoms with van der Waals surface area (Å²) in [5, 5.41) is 8.12. The van der Waals surface area contributed by atoms with Crippen LogP contribution in [0.5, 0.6) is 5.75 Å². The van der Waals surface area contributed by atoms with Gasteiger partial charge in [0.15, 0.2) is 0 Å². The van der Waals surface area contributed by atoms with E-state index in [0.717, 1.165) is 33.3 Å². The minimum Gasteiger partial charge on any atom is -0.487 e. The van der Waals surface area contributed by atoms with Crippen molar-refractivity contribution in [3.8, 4) is 28.1 Å². The number of hydrogen-bond donors (Lipinski definition) is 2. The van der Waals surface area contributed by atoms with Crippen LogP contribution in [0.25, 0.3) is 33.3 Å². The lowest BCUT2D eigenvalue weighted by atomic mass is 10.0. The van der Waals surface area contributed by atoms with Gasteiger partial charge in [-0.3, -0.25) is 9.67 Å². The lowest BCUT2D eigenvalue weighted by Crippen LogP contribution is -2.19. The first-order chi connectivity index (χ1) is 16.6. The molecule has 0 aliphatic rings. The lowest BCUT2D eigenvalue weighted by molar-refractivity contribution is 0.259. The Morgan fingerprint density at radius 3 is 2.56 bits per heavy atom. The van der Waals surface area contributed by atoms with Gasteiger partial charge in [-0.05, 0) is 54.1 Å². The molecule has 0 saturated carbocycles. The highest BCUT2D eigenvalue weighted by molar-refractivity contribution is 5.99. The minimum absolute atomic E-state index is 0.240. The number of aryl methyl sites for hydroxylation is 1. The molecule has 0 spiro atoms. The van der Waals surface area contributed by atoms with Crippen LogP contribution in [0.2, 0.25) is 0 Å². The number of carbonyl (C=O) groups excluding carboxylic acids is 1. The Labute approximate surface area is 196 Å². The van der Waals surface area contributed by atoms with Crippen molar-refractivity contribution in [1.29, 1.82) is 0 Å². The molecule has 0 atom stereocenters. The monoisotopic (exact) mass is 450 g/mol. The zero-order valence-electron chi connectivity index (χ0n) is 18.5. The molecule has 34 heavy (non-hydrogen) atoms. The summed E-state index contributed by atoms with van der Waals surface area (Å²) in [5.74, 6) is 0.699. The van der Waals surface area contributed by atoms with E-state index in [1.807, 2.05) is 73.9 Å². The number of para-hydroxylation sites is 1. The molecule has 3 N–H and O–H groups in total. The summed E-state index contributed by atoms with van der Waals surface area (Å²) in [6, 6.07) is 20.4. The molecule has 2 amide bonds. The van der Waals surface area contributed by atoms with Crippen LogP contribution < -0.4 is 15.8 Å². The molecule has 0 saturated heterocycles. The van der Waals surface area contributed by atoms with Crippen molar-refractivity contribution >= 4 is 22.6 Å². The summed E-state index contributed by atoms with van der Waals surface area (Å²) in [4.78, 5) is 20.2. The molecule has 8 nitrogen and oxygen atoms in total. The van der Waals surface area contributed by atoms with Gasteiger partial charge < -0.3 is 15.8 Å². The normalized spacial score (nSPS) is 10.9. The van der Waals surface area contributed by atoms with Gasteiger partial charge in [0.2, 0.25) is 0 Å². The van der Waals surface area contributed by atoms with Gasteiger partial charge in [0.05, 0.1) is 16.9 Å². The molecule has 0 aliphatic heterocycles. The molecule has 2 aromatic carbocycles. The molecule has 0 unspecified atom stereocenters. The standard InChI is InChI=1S/C26H22N6O2/c1-32-15-22(17-10-12-28-13-11-17)25(31-32)18-6-8-20(9-7-18)34-16-19-14-24(30-26(27)33)21-4-2-3-5-23(21)29-19/h2-15H,16H2,1H3,(H3,27,29,30,33). The van der Waals surface area contributed by atoms with Gasteiger partial charge in [-0.2, -0.15) is 5.10 Å². The summed E-state index contributed by atoms with van der Waals surface area (Å²) in [7, 11) is 1.91. The number of urea groups is 1. The molecular formula is C26H22N6O2. The number of nitrogens with one attached hydrogen (secondary N) is 1. The fourth-order valence-electron chi connectivity index (χ4n) is 3.85. The van der Waals surface area contributed by atoms with Crippen molar-refractivity contribution < 1.29 is 9.53 Å². The van der Waals surface area contributed by atoms with E-state index in [1.165, 1.54) is 0 Å². The molecule has 3 aromatic heterocycles. The molecule has 168 valence electrons. The number of aromatic nitrogens is 4. The molecule has 0 aliphatic carbocycles. The van der Waals surface area contributed by atoms with Crippen molar-refractivity contribution in [3.05, 3.63) is 91.0 Å². The van der Waals surface area contributed by atoms with Crippen molar-refractivity contribution in [2.45, 2.75) is 6.61 Å². The average molecular weight is 451 g/mol. The second kappa shape index (κ2) is 9.03. The predicted octanol–water partition coefficient (Wildman–Crippen LogP) is 4.77.